The molecule has 2 aliphatic heterocycles. The summed E-state index contributed by atoms with van der Waals surface area (Å²) in [6.45, 7) is 1.67. The second kappa shape index (κ2) is 11.7. The van der Waals surface area contributed by atoms with Crippen LogP contribution >= 0.6 is 46.0 Å². The van der Waals surface area contributed by atoms with Crippen LogP contribution in [0.15, 0.2) is 48.5 Å². The van der Waals surface area contributed by atoms with E-state index < -0.39 is 24.0 Å². The molecular weight excluding hydrogens is 746 g/mol. The number of hydrogen-bond acceptors (Lipinski definition) is 8. The molecule has 2 saturated carbocycles. The third-order valence-electron chi connectivity index (χ3n) is 8.71. The molecule has 1 N–H and O–H groups in total. The molecular formula is C28H28I2N2O8. The van der Waals surface area contributed by atoms with Crippen LogP contribution in [0.2, 0.25) is 0 Å². The molecule has 6 rings (SSSR count). The third-order valence-corrected chi connectivity index (χ3v) is 9.59. The number of aliphatic hydroxyl groups is 1. The number of rotatable bonds is 10. The molecule has 4 aliphatic rings. The van der Waals surface area contributed by atoms with Gasteiger partial charge in [-0.25, -0.2) is 0 Å². The van der Waals surface area contributed by atoms with Gasteiger partial charge in [0.05, 0.1) is 18.9 Å². The van der Waals surface area contributed by atoms with Crippen molar-refractivity contribution in [3.05, 3.63) is 48.5 Å². The number of aliphatic hydroxyl groups excluding tert-OH is 1. The molecule has 2 saturated heterocycles. The largest absolute Gasteiger partial charge is 0.491 e. The Balaban J connectivity index is 1.22. The zero-order valence-electron chi connectivity index (χ0n) is 21.4. The SMILES string of the molecule is O=C1C2CC(C(=O)N1c1ccc(OCCOI)cc1)C1C3CC(C(=O)N(c4ccc(OCCOI)cc4)C3O)C21. The molecule has 2 aromatic carbocycles. The summed E-state index contributed by atoms with van der Waals surface area (Å²) in [7, 11) is 0. The van der Waals surface area contributed by atoms with E-state index in [9.17, 15) is 19.5 Å². The molecule has 3 amide bonds. The van der Waals surface area contributed by atoms with E-state index in [0.29, 0.717) is 62.1 Å². The van der Waals surface area contributed by atoms with Gasteiger partial charge in [0, 0.05) is 29.4 Å². The van der Waals surface area contributed by atoms with Gasteiger partial charge >= 0.3 is 0 Å². The highest BCUT2D eigenvalue weighted by Crippen LogP contribution is 2.62. The number of anilines is 2. The Labute approximate surface area is 259 Å². The van der Waals surface area contributed by atoms with E-state index in [2.05, 4.69) is 0 Å². The van der Waals surface area contributed by atoms with Gasteiger partial charge in [0.1, 0.15) is 77.0 Å². The topological polar surface area (TPSA) is 115 Å². The number of ether oxygens (including phenoxy) is 2. The van der Waals surface area contributed by atoms with Crippen LogP contribution in [0, 0.1) is 35.5 Å². The van der Waals surface area contributed by atoms with Crippen molar-refractivity contribution in [3.8, 4) is 11.5 Å². The van der Waals surface area contributed by atoms with E-state index in [1.54, 1.807) is 94.5 Å². The molecule has 2 aliphatic carbocycles. The molecule has 4 fully saturated rings. The molecule has 0 spiro atoms. The van der Waals surface area contributed by atoms with Crippen LogP contribution in [-0.2, 0) is 20.5 Å². The number of piperidine rings is 2. The predicted molar refractivity (Wildman–Crippen MR) is 160 cm³/mol. The lowest BCUT2D eigenvalue weighted by Crippen LogP contribution is -2.54. The maximum Gasteiger partial charge on any atom is 0.237 e. The molecule has 12 heteroatoms. The van der Waals surface area contributed by atoms with E-state index in [0.717, 1.165) is 0 Å². The van der Waals surface area contributed by atoms with E-state index in [1.165, 1.54) is 9.80 Å². The molecule has 212 valence electrons. The first-order valence-electron chi connectivity index (χ1n) is 13.3. The molecule has 2 aromatic rings. The second-order valence-electron chi connectivity index (χ2n) is 10.6. The van der Waals surface area contributed by atoms with Gasteiger partial charge in [0.2, 0.25) is 17.7 Å². The molecule has 40 heavy (non-hydrogen) atoms. The second-order valence-corrected chi connectivity index (χ2v) is 11.8. The van der Waals surface area contributed by atoms with Crippen molar-refractivity contribution >= 4 is 75.1 Å². The highest BCUT2D eigenvalue weighted by Gasteiger charge is 2.68. The first-order chi connectivity index (χ1) is 19.4. The summed E-state index contributed by atoms with van der Waals surface area (Å²) in [4.78, 5) is 44.0. The van der Waals surface area contributed by atoms with Crippen molar-refractivity contribution in [2.45, 2.75) is 19.1 Å². The molecule has 0 aromatic heterocycles. The van der Waals surface area contributed by atoms with E-state index >= 15 is 0 Å². The lowest BCUT2D eigenvalue weighted by atomic mass is 9.82. The monoisotopic (exact) mass is 774 g/mol. The summed E-state index contributed by atoms with van der Waals surface area (Å²) in [5.41, 5.74) is 1.06. The molecule has 2 heterocycles. The molecule has 0 radical (unpaired) electrons. The van der Waals surface area contributed by atoms with Gasteiger partial charge in [-0.2, -0.15) is 0 Å². The summed E-state index contributed by atoms with van der Waals surface area (Å²) in [5, 5.41) is 11.5. The first-order valence-corrected chi connectivity index (χ1v) is 15.0. The minimum Gasteiger partial charge on any atom is -0.491 e. The highest BCUT2D eigenvalue weighted by atomic mass is 127. The summed E-state index contributed by atoms with van der Waals surface area (Å²) in [6.07, 6.45) is -0.151. The number of amides is 3. The van der Waals surface area contributed by atoms with Crippen molar-refractivity contribution in [1.29, 1.82) is 0 Å². The van der Waals surface area contributed by atoms with Crippen molar-refractivity contribution in [1.82, 2.24) is 0 Å². The maximum absolute atomic E-state index is 13.8. The van der Waals surface area contributed by atoms with Gasteiger partial charge < -0.3 is 20.7 Å². The number of fused-ring (bicyclic) bond motifs is 9. The van der Waals surface area contributed by atoms with Crippen molar-refractivity contribution in [2.75, 3.05) is 36.2 Å². The Bertz CT molecular complexity index is 1280. The minimum absolute atomic E-state index is 0.195. The number of carbonyl (C=O) groups excluding carboxylic acids is 3. The third kappa shape index (κ3) is 4.78. The van der Waals surface area contributed by atoms with Gasteiger partial charge in [-0.15, -0.1) is 0 Å². The summed E-state index contributed by atoms with van der Waals surface area (Å²) in [6, 6.07) is 13.9. The lowest BCUT2D eigenvalue weighted by Gasteiger charge is -2.40. The van der Waals surface area contributed by atoms with Gasteiger partial charge in [-0.05, 0) is 73.2 Å². The quantitative estimate of drug-likeness (QED) is 0.168. The molecule has 7 unspecified atom stereocenters. The van der Waals surface area contributed by atoms with Gasteiger partial charge in [0.15, 0.2) is 0 Å². The van der Waals surface area contributed by atoms with Crippen LogP contribution in [0.4, 0.5) is 11.4 Å². The zero-order valence-corrected chi connectivity index (χ0v) is 25.7. The summed E-state index contributed by atoms with van der Waals surface area (Å²) >= 11 is 3.61. The van der Waals surface area contributed by atoms with E-state index in [4.69, 9.17) is 15.6 Å². The van der Waals surface area contributed by atoms with E-state index in [1.807, 2.05) is 0 Å². The fourth-order valence-corrected chi connectivity index (χ4v) is 7.59. The smallest absolute Gasteiger partial charge is 0.237 e. The Kier molecular flexibility index (Phi) is 8.23. The average Bonchev–Trinajstić information content (AvgIpc) is 3.50. The van der Waals surface area contributed by atoms with Crippen molar-refractivity contribution in [3.63, 3.8) is 0 Å². The predicted octanol–water partition coefficient (Wildman–Crippen LogP) is 3.92. The molecule has 10 nitrogen and oxygen atoms in total. The van der Waals surface area contributed by atoms with Crippen molar-refractivity contribution in [2.24, 2.45) is 35.5 Å². The Morgan fingerprint density at radius 3 is 1.73 bits per heavy atom. The molecule has 7 atom stereocenters. The zero-order chi connectivity index (χ0) is 28.0. The maximum atomic E-state index is 13.8. The fraction of sp³-hybridized carbons (Fsp3) is 0.464. The van der Waals surface area contributed by atoms with Crippen LogP contribution < -0.4 is 19.3 Å². The van der Waals surface area contributed by atoms with Crippen LogP contribution in [0.3, 0.4) is 0 Å². The number of nitrogens with zero attached hydrogens (tertiary/aromatic N) is 2. The van der Waals surface area contributed by atoms with Crippen LogP contribution in [0.25, 0.3) is 0 Å². The Hall–Kier alpha value is -2.01. The van der Waals surface area contributed by atoms with Crippen LogP contribution in [0.5, 0.6) is 11.5 Å². The first kappa shape index (κ1) is 28.1. The van der Waals surface area contributed by atoms with Crippen LogP contribution in [-0.4, -0.2) is 55.5 Å². The highest BCUT2D eigenvalue weighted by molar-refractivity contribution is 14.1. The number of hydrogen-bond donors (Lipinski definition) is 1. The summed E-state index contributed by atoms with van der Waals surface area (Å²) < 4.78 is 21.2. The van der Waals surface area contributed by atoms with Crippen molar-refractivity contribution < 1.29 is 35.1 Å². The standard InChI is InChI=1S/C28H28I2N2O8/c29-39-11-9-37-17-5-1-15(2-6-17)31-25(33)19-13-20(26(31)34)24-22-14-21(23(19)24)27(35)32(28(22)36)16-3-7-18(8-4-16)38-10-12-40-30/h1-8,19-25,33H,9-14H2. The summed E-state index contributed by atoms with van der Waals surface area (Å²) in [5.74, 6) is -1.52. The number of carbonyl (C=O) groups is 3. The number of benzene rings is 2. The number of halogens is 2. The normalized spacial score (nSPS) is 30.6. The fourth-order valence-electron chi connectivity index (χ4n) is 7.23. The number of imide groups is 1. The van der Waals surface area contributed by atoms with E-state index in [-0.39, 0.29) is 35.5 Å². The van der Waals surface area contributed by atoms with Gasteiger partial charge in [-0.1, -0.05) is 0 Å². The Morgan fingerprint density at radius 2 is 1.18 bits per heavy atom. The minimum atomic E-state index is -1.07. The average molecular weight is 774 g/mol. The van der Waals surface area contributed by atoms with Gasteiger partial charge in [0.25, 0.3) is 0 Å². The van der Waals surface area contributed by atoms with Crippen LogP contribution in [0.1, 0.15) is 12.8 Å². The van der Waals surface area contributed by atoms with Gasteiger partial charge in [-0.3, -0.25) is 24.2 Å². The lowest BCUT2D eigenvalue weighted by molar-refractivity contribution is -0.135. The molecule has 4 bridgehead atoms. The Morgan fingerprint density at radius 1 is 0.675 bits per heavy atom.